The van der Waals surface area contributed by atoms with Gasteiger partial charge in [0.2, 0.25) is 0 Å². The first kappa shape index (κ1) is 14.6. The molecule has 0 radical (unpaired) electrons. The van der Waals surface area contributed by atoms with E-state index in [9.17, 15) is 4.79 Å². The fourth-order valence-electron chi connectivity index (χ4n) is 3.75. The van der Waals surface area contributed by atoms with Crippen LogP contribution in [0.2, 0.25) is 0 Å². The lowest BCUT2D eigenvalue weighted by Gasteiger charge is -2.26. The van der Waals surface area contributed by atoms with Crippen molar-refractivity contribution in [2.45, 2.75) is 31.6 Å². The predicted molar refractivity (Wildman–Crippen MR) is 91.0 cm³/mol. The summed E-state index contributed by atoms with van der Waals surface area (Å²) in [5.41, 5.74) is 2.15. The van der Waals surface area contributed by atoms with Crippen LogP contribution in [0.1, 0.15) is 37.2 Å². The molecule has 2 aliphatic rings. The normalized spacial score (nSPS) is 24.5. The summed E-state index contributed by atoms with van der Waals surface area (Å²) in [5.74, 6) is 1.52. The fourth-order valence-corrected chi connectivity index (χ4v) is 3.75. The standard InChI is InChI=1S/C19H23N3O/c23-19-5-4-10-20-22(19)17-8-6-15(7-9-17)18-13-16(18)14-21-11-2-1-3-12-21/h4-10,16,18H,1-3,11-14H2/t16-,18-/m1/s1. The first-order valence-electron chi connectivity index (χ1n) is 8.68. The Morgan fingerprint density at radius 3 is 2.57 bits per heavy atom. The smallest absolute Gasteiger partial charge is 0.271 e. The van der Waals surface area contributed by atoms with Crippen molar-refractivity contribution >= 4 is 0 Å². The van der Waals surface area contributed by atoms with Gasteiger partial charge in [-0.15, -0.1) is 0 Å². The zero-order chi connectivity index (χ0) is 15.6. The molecule has 1 saturated carbocycles. The average Bonchev–Trinajstić information content (AvgIpc) is 3.36. The van der Waals surface area contributed by atoms with Crippen LogP contribution in [0.5, 0.6) is 0 Å². The van der Waals surface area contributed by atoms with Crippen molar-refractivity contribution in [2.75, 3.05) is 19.6 Å². The van der Waals surface area contributed by atoms with Crippen LogP contribution in [-0.2, 0) is 0 Å². The third kappa shape index (κ3) is 3.22. The number of benzene rings is 1. The van der Waals surface area contributed by atoms with Gasteiger partial charge < -0.3 is 4.90 Å². The summed E-state index contributed by atoms with van der Waals surface area (Å²) in [4.78, 5) is 14.5. The van der Waals surface area contributed by atoms with Gasteiger partial charge in [-0.25, -0.2) is 0 Å². The highest BCUT2D eigenvalue weighted by Gasteiger charge is 2.39. The molecule has 0 bridgehead atoms. The molecule has 2 atom stereocenters. The van der Waals surface area contributed by atoms with Crippen LogP contribution in [0.25, 0.3) is 5.69 Å². The van der Waals surface area contributed by atoms with Crippen molar-refractivity contribution in [2.24, 2.45) is 5.92 Å². The molecule has 2 heterocycles. The largest absolute Gasteiger partial charge is 0.303 e. The van der Waals surface area contributed by atoms with Crippen LogP contribution < -0.4 is 5.56 Å². The summed E-state index contributed by atoms with van der Waals surface area (Å²) < 4.78 is 1.45. The molecule has 1 saturated heterocycles. The van der Waals surface area contributed by atoms with Gasteiger partial charge in [-0.05, 0) is 68.0 Å². The van der Waals surface area contributed by atoms with Crippen LogP contribution in [0, 0.1) is 5.92 Å². The quantitative estimate of drug-likeness (QED) is 0.871. The Kier molecular flexibility index (Phi) is 4.00. The highest BCUT2D eigenvalue weighted by molar-refractivity contribution is 5.37. The van der Waals surface area contributed by atoms with Gasteiger partial charge in [0, 0.05) is 18.8 Å². The maximum absolute atomic E-state index is 11.8. The molecular weight excluding hydrogens is 286 g/mol. The van der Waals surface area contributed by atoms with Crippen LogP contribution in [0.4, 0.5) is 0 Å². The first-order valence-corrected chi connectivity index (χ1v) is 8.68. The Hall–Kier alpha value is -1.94. The molecule has 23 heavy (non-hydrogen) atoms. The second-order valence-electron chi connectivity index (χ2n) is 6.83. The van der Waals surface area contributed by atoms with E-state index in [1.54, 1.807) is 12.3 Å². The molecule has 0 unspecified atom stereocenters. The molecule has 0 amide bonds. The Morgan fingerprint density at radius 2 is 1.83 bits per heavy atom. The molecule has 0 N–H and O–H groups in total. The zero-order valence-corrected chi connectivity index (χ0v) is 13.4. The van der Waals surface area contributed by atoms with Gasteiger partial charge in [0.1, 0.15) is 0 Å². The molecule has 1 aliphatic heterocycles. The molecule has 1 aromatic carbocycles. The summed E-state index contributed by atoms with van der Waals surface area (Å²) in [6.07, 6.45) is 7.08. The number of likely N-dealkylation sites (tertiary alicyclic amines) is 1. The van der Waals surface area contributed by atoms with Crippen molar-refractivity contribution in [1.82, 2.24) is 14.7 Å². The molecule has 4 nitrogen and oxygen atoms in total. The predicted octanol–water partition coefficient (Wildman–Crippen LogP) is 2.82. The minimum absolute atomic E-state index is 0.0883. The van der Waals surface area contributed by atoms with E-state index in [0.29, 0.717) is 5.92 Å². The van der Waals surface area contributed by atoms with E-state index in [2.05, 4.69) is 22.1 Å². The van der Waals surface area contributed by atoms with Crippen molar-refractivity contribution in [3.05, 3.63) is 58.5 Å². The van der Waals surface area contributed by atoms with E-state index < -0.39 is 0 Å². The van der Waals surface area contributed by atoms with Crippen molar-refractivity contribution in [3.8, 4) is 5.69 Å². The zero-order valence-electron chi connectivity index (χ0n) is 13.4. The van der Waals surface area contributed by atoms with Crippen molar-refractivity contribution in [3.63, 3.8) is 0 Å². The summed E-state index contributed by atoms with van der Waals surface area (Å²) >= 11 is 0. The topological polar surface area (TPSA) is 38.1 Å². The van der Waals surface area contributed by atoms with Crippen LogP contribution >= 0.6 is 0 Å². The first-order chi connectivity index (χ1) is 11.3. The third-order valence-corrected chi connectivity index (χ3v) is 5.15. The molecule has 4 rings (SSSR count). The van der Waals surface area contributed by atoms with Crippen molar-refractivity contribution < 1.29 is 0 Å². The Balaban J connectivity index is 1.41. The SMILES string of the molecule is O=c1cccnn1-c1ccc([C@H]2C[C@@H]2CN2CCCCC2)cc1. The number of hydrogen-bond acceptors (Lipinski definition) is 3. The van der Waals surface area contributed by atoms with E-state index in [1.807, 2.05) is 12.1 Å². The molecule has 0 spiro atoms. The van der Waals surface area contributed by atoms with Crippen LogP contribution in [0.3, 0.4) is 0 Å². The van der Waals surface area contributed by atoms with Gasteiger partial charge in [0.25, 0.3) is 5.56 Å². The van der Waals surface area contributed by atoms with E-state index in [4.69, 9.17) is 0 Å². The van der Waals surface area contributed by atoms with E-state index >= 15 is 0 Å². The third-order valence-electron chi connectivity index (χ3n) is 5.15. The fraction of sp³-hybridized carbons (Fsp3) is 0.474. The number of nitrogens with zero attached hydrogens (tertiary/aromatic N) is 3. The Morgan fingerprint density at radius 1 is 1.04 bits per heavy atom. The lowest BCUT2D eigenvalue weighted by molar-refractivity contribution is 0.219. The lowest BCUT2D eigenvalue weighted by Crippen LogP contribution is -2.31. The Labute approximate surface area is 136 Å². The number of piperidine rings is 1. The number of rotatable bonds is 4. The molecule has 4 heteroatoms. The molecule has 1 aliphatic carbocycles. The average molecular weight is 309 g/mol. The summed E-state index contributed by atoms with van der Waals surface area (Å²) in [5, 5.41) is 4.13. The molecular formula is C19H23N3O. The maximum Gasteiger partial charge on any atom is 0.271 e. The number of hydrogen-bond donors (Lipinski definition) is 0. The Bertz CT molecular complexity index is 716. The molecule has 1 aromatic heterocycles. The lowest BCUT2D eigenvalue weighted by atomic mass is 10.1. The highest BCUT2D eigenvalue weighted by atomic mass is 16.1. The molecule has 2 aromatic rings. The van der Waals surface area contributed by atoms with Gasteiger partial charge in [-0.2, -0.15) is 9.78 Å². The second kappa shape index (κ2) is 6.28. The highest BCUT2D eigenvalue weighted by Crippen LogP contribution is 2.48. The van der Waals surface area contributed by atoms with Gasteiger partial charge >= 0.3 is 0 Å². The van der Waals surface area contributed by atoms with Gasteiger partial charge in [-0.3, -0.25) is 4.79 Å². The minimum atomic E-state index is -0.0883. The van der Waals surface area contributed by atoms with E-state index in [-0.39, 0.29) is 5.56 Å². The van der Waals surface area contributed by atoms with Crippen molar-refractivity contribution in [1.29, 1.82) is 0 Å². The van der Waals surface area contributed by atoms with Gasteiger partial charge in [0.15, 0.2) is 0 Å². The number of aromatic nitrogens is 2. The monoisotopic (exact) mass is 309 g/mol. The van der Waals surface area contributed by atoms with Gasteiger partial charge in [0.05, 0.1) is 5.69 Å². The molecule has 2 fully saturated rings. The summed E-state index contributed by atoms with van der Waals surface area (Å²) in [6, 6.07) is 11.6. The van der Waals surface area contributed by atoms with E-state index in [0.717, 1.165) is 11.6 Å². The van der Waals surface area contributed by atoms with E-state index in [1.165, 1.54) is 61.6 Å². The molecule has 120 valence electrons. The van der Waals surface area contributed by atoms with Gasteiger partial charge in [-0.1, -0.05) is 18.6 Å². The second-order valence-corrected chi connectivity index (χ2v) is 6.83. The summed E-state index contributed by atoms with van der Waals surface area (Å²) in [7, 11) is 0. The maximum atomic E-state index is 11.8. The minimum Gasteiger partial charge on any atom is -0.303 e. The summed E-state index contributed by atoms with van der Waals surface area (Å²) in [6.45, 7) is 3.82. The van der Waals surface area contributed by atoms with Crippen LogP contribution in [-0.4, -0.2) is 34.3 Å². The van der Waals surface area contributed by atoms with Crippen LogP contribution in [0.15, 0.2) is 47.4 Å².